The van der Waals surface area contributed by atoms with Crippen LogP contribution in [0.2, 0.25) is 0 Å². The van der Waals surface area contributed by atoms with Crippen molar-refractivity contribution >= 4 is 0 Å². The third-order valence-electron chi connectivity index (χ3n) is 0. The number of rotatable bonds is 0. The molecule has 0 rings (SSSR count). The van der Waals surface area contributed by atoms with E-state index in [0.717, 1.165) is 0 Å². The Bertz CT molecular complexity index is 16.9. The van der Waals surface area contributed by atoms with E-state index in [-0.39, 0.29) is 161 Å². The topological polar surface area (TPSA) is 152 Å². The Balaban J connectivity index is 0. The van der Waals surface area contributed by atoms with Gasteiger partial charge in [0.1, 0.15) is 0 Å². The molecule has 0 saturated heterocycles. The molecule has 0 heterocycles. The van der Waals surface area contributed by atoms with E-state index >= 15 is 0 Å². The van der Waals surface area contributed by atoms with E-state index in [1.165, 1.54) is 0 Å². The molecule has 11 heteroatoms. The van der Waals surface area contributed by atoms with Crippen LogP contribution in [-0.2, 0) is 130 Å². The summed E-state index contributed by atoms with van der Waals surface area (Å²) in [5.41, 5.74) is 0. The molecule has 0 amide bonds. The standard InChI is InChI=1S/3Mo.5N.3Ta/q;;;5*-3;3*+5. The maximum absolute atomic E-state index is 0. The quantitative estimate of drug-likeness (QED) is 0.324. The van der Waals surface area contributed by atoms with Crippen LogP contribution in [0.15, 0.2) is 0 Å². The van der Waals surface area contributed by atoms with Crippen LogP contribution in [0, 0.1) is 0 Å². The van der Waals surface area contributed by atoms with Gasteiger partial charge in [0.2, 0.25) is 0 Å². The minimum absolute atomic E-state index is 0. The van der Waals surface area contributed by atoms with Gasteiger partial charge in [-0.2, -0.15) is 0 Å². The SMILES string of the molecule is [Mo].[Mo].[Mo].[N-3].[N-3].[N-3].[N-3].[N-3].[Ta+5].[Ta+5].[Ta+5]. The Morgan fingerprint density at radius 1 is 0.273 bits per heavy atom. The predicted molar refractivity (Wildman–Crippen MR) is 16.8 cm³/mol. The van der Waals surface area contributed by atoms with E-state index in [0.29, 0.717) is 0 Å². The van der Waals surface area contributed by atoms with Crippen molar-refractivity contribution in [3.8, 4) is 0 Å². The summed E-state index contributed by atoms with van der Waals surface area (Å²) in [6, 6.07) is 0. The van der Waals surface area contributed by atoms with E-state index in [1.54, 1.807) is 0 Å². The van der Waals surface area contributed by atoms with Crippen molar-refractivity contribution in [1.82, 2.24) is 0 Å². The monoisotopic (exact) mass is 907 g/mol. The third-order valence-corrected chi connectivity index (χ3v) is 0. The largest absolute Gasteiger partial charge is 5.00 e. The van der Waals surface area contributed by atoms with Gasteiger partial charge in [0.25, 0.3) is 0 Å². The molecule has 0 bridgehead atoms. The Kier molecular flexibility index (Phi) is 2360. The van der Waals surface area contributed by atoms with Gasteiger partial charge < -0.3 is 30.8 Å². The number of hydrogen-bond acceptors (Lipinski definition) is 0. The van der Waals surface area contributed by atoms with E-state index < -0.39 is 0 Å². The second kappa shape index (κ2) is 144. The van der Waals surface area contributed by atoms with Crippen molar-refractivity contribution in [2.24, 2.45) is 0 Å². The zero-order valence-electron chi connectivity index (χ0n) is 4.80. The van der Waals surface area contributed by atoms with Gasteiger partial charge in [0, 0.05) is 63.2 Å². The first-order valence-corrected chi connectivity index (χ1v) is 0. The zero-order valence-corrected chi connectivity index (χ0v) is 20.5. The Morgan fingerprint density at radius 3 is 0.273 bits per heavy atom. The van der Waals surface area contributed by atoms with Gasteiger partial charge in [0.15, 0.2) is 0 Å². The van der Waals surface area contributed by atoms with Crippen LogP contribution in [0.3, 0.4) is 0 Å². The summed E-state index contributed by atoms with van der Waals surface area (Å²) in [4.78, 5) is 0. The van der Waals surface area contributed by atoms with Crippen molar-refractivity contribution < 1.29 is 130 Å². The summed E-state index contributed by atoms with van der Waals surface area (Å²) in [6.45, 7) is 0. The first kappa shape index (κ1) is 179. The smallest absolute Gasteiger partial charge is 3.00 e. The van der Waals surface area contributed by atoms with Crippen LogP contribution in [0.5, 0.6) is 0 Å². The molecule has 0 radical (unpaired) electrons. The van der Waals surface area contributed by atoms with E-state index in [4.69, 9.17) is 0 Å². The van der Waals surface area contributed by atoms with Crippen LogP contribution in [0.1, 0.15) is 0 Å². The van der Waals surface area contributed by atoms with Crippen LogP contribution in [-0.4, -0.2) is 0 Å². The molecule has 0 aliphatic rings. The van der Waals surface area contributed by atoms with Gasteiger partial charge in [-0.25, -0.2) is 0 Å². The van der Waals surface area contributed by atoms with Crippen molar-refractivity contribution in [2.75, 3.05) is 0 Å². The summed E-state index contributed by atoms with van der Waals surface area (Å²) in [5, 5.41) is 0. The summed E-state index contributed by atoms with van der Waals surface area (Å²) in [5.74, 6) is 0. The van der Waals surface area contributed by atoms with E-state index in [1.807, 2.05) is 0 Å². The minimum atomic E-state index is 0. The fourth-order valence-electron chi connectivity index (χ4n) is 0. The van der Waals surface area contributed by atoms with Crippen molar-refractivity contribution in [3.05, 3.63) is 30.8 Å². The fourth-order valence-corrected chi connectivity index (χ4v) is 0. The summed E-state index contributed by atoms with van der Waals surface area (Å²) in [7, 11) is 0. The Morgan fingerprint density at radius 2 is 0.273 bits per heavy atom. The van der Waals surface area contributed by atoms with E-state index in [9.17, 15) is 0 Å². The predicted octanol–water partition coefficient (Wildman–Crippen LogP) is 1.43. The molecule has 0 spiro atoms. The molecule has 58 valence electrons. The second-order valence-corrected chi connectivity index (χ2v) is 0. The van der Waals surface area contributed by atoms with Crippen molar-refractivity contribution in [1.29, 1.82) is 0 Å². The molecular weight excluding hydrogens is 901 g/mol. The molecule has 5 nitrogen and oxygen atoms in total. The minimum Gasteiger partial charge on any atom is -3.00 e. The number of nitrogens with zero attached hydrogens (tertiary/aromatic N) is 5. The van der Waals surface area contributed by atoms with Gasteiger partial charge in [-0.05, 0) is 0 Å². The first-order chi connectivity index (χ1) is 0. The molecule has 0 N–H and O–H groups in total. The maximum Gasteiger partial charge on any atom is 5.00 e. The van der Waals surface area contributed by atoms with Crippen molar-refractivity contribution in [2.45, 2.75) is 0 Å². The molecule has 0 saturated carbocycles. The second-order valence-electron chi connectivity index (χ2n) is 0. The average Bonchev–Trinajstić information content (AvgIpc) is 0. The van der Waals surface area contributed by atoms with Crippen molar-refractivity contribution in [3.63, 3.8) is 0 Å². The molecule has 0 aliphatic carbocycles. The molecule has 0 aromatic carbocycles. The van der Waals surface area contributed by atoms with E-state index in [2.05, 4.69) is 0 Å². The summed E-state index contributed by atoms with van der Waals surface area (Å²) in [6.07, 6.45) is 0. The average molecular weight is 901 g/mol. The summed E-state index contributed by atoms with van der Waals surface area (Å²) < 4.78 is 0. The molecule has 0 atom stereocenters. The van der Waals surface area contributed by atoms with Gasteiger partial charge in [0.05, 0.1) is 0 Å². The first-order valence-electron chi connectivity index (χ1n) is 0. The molecule has 0 unspecified atom stereocenters. The zero-order chi connectivity index (χ0) is 0. The maximum atomic E-state index is 0. The summed E-state index contributed by atoms with van der Waals surface area (Å²) >= 11 is 0. The molecule has 0 aromatic heterocycles. The van der Waals surface area contributed by atoms with Crippen LogP contribution in [0.4, 0.5) is 0 Å². The molecule has 0 aromatic rings. The molecule has 0 aliphatic heterocycles. The van der Waals surface area contributed by atoms with Gasteiger partial charge in [-0.15, -0.1) is 0 Å². The normalized spacial score (nSPS) is 0. The van der Waals surface area contributed by atoms with Gasteiger partial charge in [-0.3, -0.25) is 0 Å². The molecular formula is Mo3N5Ta3. The third kappa shape index (κ3) is 123. The van der Waals surface area contributed by atoms with Gasteiger partial charge in [-0.1, -0.05) is 0 Å². The van der Waals surface area contributed by atoms with Crippen LogP contribution in [0.25, 0.3) is 30.8 Å². The van der Waals surface area contributed by atoms with Crippen LogP contribution >= 0.6 is 0 Å². The Labute approximate surface area is 158 Å². The molecule has 11 heavy (non-hydrogen) atoms. The molecule has 0 fully saturated rings. The Hall–Kier alpha value is 4.09. The van der Waals surface area contributed by atoms with Gasteiger partial charge >= 0.3 is 67.1 Å². The fraction of sp³-hybridized carbons (Fsp3) is 0. The van der Waals surface area contributed by atoms with Crippen LogP contribution < -0.4 is 0 Å². The number of hydrogen-bond donors (Lipinski definition) is 0.